The Bertz CT molecular complexity index is 790. The third kappa shape index (κ3) is 4.06. The minimum absolute atomic E-state index is 0.168. The average Bonchev–Trinajstić information content (AvgIpc) is 2.64. The van der Waals surface area contributed by atoms with Crippen LogP contribution in [0.4, 0.5) is 11.6 Å². The molecule has 0 spiro atoms. The zero-order valence-electron chi connectivity index (χ0n) is 13.8. The molecule has 2 aromatic rings. The van der Waals surface area contributed by atoms with E-state index < -0.39 is 0 Å². The first-order chi connectivity index (χ1) is 12.1. The molecule has 0 radical (unpaired) electrons. The highest BCUT2D eigenvalue weighted by molar-refractivity contribution is 6.30. The van der Waals surface area contributed by atoms with Crippen molar-refractivity contribution in [3.63, 3.8) is 0 Å². The van der Waals surface area contributed by atoms with Crippen LogP contribution >= 0.6 is 11.6 Å². The fourth-order valence-electron chi connectivity index (χ4n) is 2.58. The van der Waals surface area contributed by atoms with Gasteiger partial charge in [0.25, 0.3) is 5.91 Å². The Kier molecular flexibility index (Phi) is 5.14. The number of aromatic nitrogens is 2. The molecule has 0 unspecified atom stereocenters. The highest BCUT2D eigenvalue weighted by Crippen LogP contribution is 2.22. The van der Waals surface area contributed by atoms with Gasteiger partial charge in [0.1, 0.15) is 5.69 Å². The van der Waals surface area contributed by atoms with E-state index >= 15 is 0 Å². The number of halogens is 1. The lowest BCUT2D eigenvalue weighted by atomic mass is 10.2. The van der Waals surface area contributed by atoms with Gasteiger partial charge in [-0.3, -0.25) is 9.59 Å². The van der Waals surface area contributed by atoms with E-state index in [0.29, 0.717) is 42.8 Å². The summed E-state index contributed by atoms with van der Waals surface area (Å²) in [6.07, 6.45) is 2.35. The number of amides is 2. The number of carbonyl (C=O) groups excluding carboxylic acids is 2. The number of piperazine rings is 1. The van der Waals surface area contributed by atoms with Crippen LogP contribution in [0.1, 0.15) is 16.1 Å². The standard InChI is InChI=1S/C17H18ClN5O2/c1-12-2-3-13(18)10-15(12)21-17-19-5-4-14(20-17)16(25)23-8-6-22(11-24)7-9-23/h2-5,10-11H,6-9H2,1H3,(H,19,20,21). The normalized spacial score (nSPS) is 14.3. The highest BCUT2D eigenvalue weighted by atomic mass is 35.5. The van der Waals surface area contributed by atoms with Gasteiger partial charge in [0, 0.05) is 43.1 Å². The summed E-state index contributed by atoms with van der Waals surface area (Å²) in [6, 6.07) is 7.08. The monoisotopic (exact) mass is 359 g/mol. The first-order valence-electron chi connectivity index (χ1n) is 7.91. The quantitative estimate of drug-likeness (QED) is 0.846. The van der Waals surface area contributed by atoms with Crippen LogP contribution < -0.4 is 5.32 Å². The zero-order valence-corrected chi connectivity index (χ0v) is 14.5. The summed E-state index contributed by atoms with van der Waals surface area (Å²) in [4.78, 5) is 35.2. The fourth-order valence-corrected chi connectivity index (χ4v) is 2.75. The lowest BCUT2D eigenvalue weighted by molar-refractivity contribution is -0.119. The maximum atomic E-state index is 12.6. The van der Waals surface area contributed by atoms with Crippen LogP contribution in [-0.2, 0) is 4.79 Å². The summed E-state index contributed by atoms with van der Waals surface area (Å²) < 4.78 is 0. The summed E-state index contributed by atoms with van der Waals surface area (Å²) in [5.74, 6) is 0.168. The second-order valence-corrected chi connectivity index (χ2v) is 6.22. The molecule has 1 aromatic heterocycles. The second-order valence-electron chi connectivity index (χ2n) is 5.78. The Labute approximate surface area is 150 Å². The highest BCUT2D eigenvalue weighted by Gasteiger charge is 2.22. The summed E-state index contributed by atoms with van der Waals surface area (Å²) >= 11 is 6.02. The van der Waals surface area contributed by atoms with Gasteiger partial charge in [0.15, 0.2) is 0 Å². The van der Waals surface area contributed by atoms with Crippen LogP contribution in [0.5, 0.6) is 0 Å². The van der Waals surface area contributed by atoms with Gasteiger partial charge < -0.3 is 15.1 Å². The minimum Gasteiger partial charge on any atom is -0.342 e. The molecular weight excluding hydrogens is 342 g/mol. The number of nitrogens with zero attached hydrogens (tertiary/aromatic N) is 4. The van der Waals surface area contributed by atoms with E-state index in [0.717, 1.165) is 17.7 Å². The third-order valence-electron chi connectivity index (χ3n) is 4.07. The Hall–Kier alpha value is -2.67. The zero-order chi connectivity index (χ0) is 17.8. The molecule has 2 amide bonds. The summed E-state index contributed by atoms with van der Waals surface area (Å²) in [6.45, 7) is 4.01. The van der Waals surface area contributed by atoms with Gasteiger partial charge in [-0.1, -0.05) is 17.7 Å². The van der Waals surface area contributed by atoms with E-state index in [-0.39, 0.29) is 5.91 Å². The van der Waals surface area contributed by atoms with Crippen molar-refractivity contribution in [2.45, 2.75) is 6.92 Å². The molecule has 0 saturated carbocycles. The van der Waals surface area contributed by atoms with E-state index in [2.05, 4.69) is 15.3 Å². The third-order valence-corrected chi connectivity index (χ3v) is 4.31. The predicted molar refractivity (Wildman–Crippen MR) is 95.0 cm³/mol. The van der Waals surface area contributed by atoms with E-state index in [1.54, 1.807) is 28.1 Å². The smallest absolute Gasteiger partial charge is 0.272 e. The molecule has 1 fully saturated rings. The van der Waals surface area contributed by atoms with Crippen molar-refractivity contribution in [1.82, 2.24) is 19.8 Å². The van der Waals surface area contributed by atoms with Crippen molar-refractivity contribution in [2.75, 3.05) is 31.5 Å². The van der Waals surface area contributed by atoms with Crippen molar-refractivity contribution in [3.05, 3.63) is 46.7 Å². The number of hydrogen-bond acceptors (Lipinski definition) is 5. The molecule has 1 aromatic carbocycles. The minimum atomic E-state index is -0.168. The maximum absolute atomic E-state index is 12.6. The van der Waals surface area contributed by atoms with E-state index in [1.807, 2.05) is 19.1 Å². The van der Waals surface area contributed by atoms with Gasteiger partial charge in [-0.05, 0) is 30.7 Å². The van der Waals surface area contributed by atoms with Crippen molar-refractivity contribution in [1.29, 1.82) is 0 Å². The van der Waals surface area contributed by atoms with Gasteiger partial charge in [-0.25, -0.2) is 9.97 Å². The maximum Gasteiger partial charge on any atom is 0.272 e. The molecule has 7 nitrogen and oxygen atoms in total. The van der Waals surface area contributed by atoms with Gasteiger partial charge in [-0.2, -0.15) is 0 Å². The molecule has 130 valence electrons. The second kappa shape index (κ2) is 7.48. The largest absolute Gasteiger partial charge is 0.342 e. The molecule has 3 rings (SSSR count). The topological polar surface area (TPSA) is 78.4 Å². The Balaban J connectivity index is 1.74. The lowest BCUT2D eigenvalue weighted by Crippen LogP contribution is -2.48. The van der Waals surface area contributed by atoms with Gasteiger partial charge >= 0.3 is 0 Å². The van der Waals surface area contributed by atoms with E-state index in [9.17, 15) is 9.59 Å². The molecule has 0 atom stereocenters. The van der Waals surface area contributed by atoms with Crippen molar-refractivity contribution >= 4 is 35.6 Å². The van der Waals surface area contributed by atoms with Crippen molar-refractivity contribution in [3.8, 4) is 0 Å². The molecule has 0 bridgehead atoms. The van der Waals surface area contributed by atoms with Gasteiger partial charge in [0.05, 0.1) is 0 Å². The molecule has 1 aliphatic heterocycles. The molecule has 1 N–H and O–H groups in total. The van der Waals surface area contributed by atoms with Crippen LogP contribution in [0, 0.1) is 6.92 Å². The Morgan fingerprint density at radius 2 is 2.00 bits per heavy atom. The SMILES string of the molecule is Cc1ccc(Cl)cc1Nc1nccc(C(=O)N2CCN(C=O)CC2)n1. The summed E-state index contributed by atoms with van der Waals surface area (Å²) in [7, 11) is 0. The Morgan fingerprint density at radius 1 is 1.24 bits per heavy atom. The predicted octanol–water partition coefficient (Wildman–Crippen LogP) is 2.10. The molecule has 1 aliphatic rings. The molecule has 8 heteroatoms. The number of carbonyl (C=O) groups is 2. The number of aryl methyl sites for hydroxylation is 1. The molecule has 25 heavy (non-hydrogen) atoms. The van der Waals surface area contributed by atoms with Crippen LogP contribution in [0.25, 0.3) is 0 Å². The molecule has 2 heterocycles. The van der Waals surface area contributed by atoms with Crippen molar-refractivity contribution in [2.24, 2.45) is 0 Å². The first kappa shape index (κ1) is 17.2. The van der Waals surface area contributed by atoms with Gasteiger partial charge in [-0.15, -0.1) is 0 Å². The van der Waals surface area contributed by atoms with E-state index in [1.165, 1.54) is 0 Å². The number of hydrogen-bond donors (Lipinski definition) is 1. The number of benzene rings is 1. The van der Waals surface area contributed by atoms with Crippen LogP contribution in [0.3, 0.4) is 0 Å². The number of nitrogens with one attached hydrogen (secondary N) is 1. The fraction of sp³-hybridized carbons (Fsp3) is 0.294. The van der Waals surface area contributed by atoms with Crippen LogP contribution in [0.15, 0.2) is 30.5 Å². The van der Waals surface area contributed by atoms with Gasteiger partial charge in [0.2, 0.25) is 12.4 Å². The summed E-state index contributed by atoms with van der Waals surface area (Å²) in [5, 5.41) is 3.70. The number of anilines is 2. The van der Waals surface area contributed by atoms with E-state index in [4.69, 9.17) is 11.6 Å². The average molecular weight is 360 g/mol. The first-order valence-corrected chi connectivity index (χ1v) is 8.29. The summed E-state index contributed by atoms with van der Waals surface area (Å²) in [5.41, 5.74) is 2.10. The molecule has 0 aliphatic carbocycles. The van der Waals surface area contributed by atoms with Crippen LogP contribution in [-0.4, -0.2) is 58.3 Å². The lowest BCUT2D eigenvalue weighted by Gasteiger charge is -2.32. The van der Waals surface area contributed by atoms with Crippen LogP contribution in [0.2, 0.25) is 5.02 Å². The van der Waals surface area contributed by atoms with Crippen molar-refractivity contribution < 1.29 is 9.59 Å². The number of rotatable bonds is 4. The Morgan fingerprint density at radius 3 is 2.72 bits per heavy atom. The molecular formula is C17H18ClN5O2. The molecule has 1 saturated heterocycles.